The van der Waals surface area contributed by atoms with Gasteiger partial charge in [-0.15, -0.1) is 0 Å². The molecule has 0 aliphatic heterocycles. The predicted octanol–water partition coefficient (Wildman–Crippen LogP) is 2.38. The van der Waals surface area contributed by atoms with E-state index in [0.717, 1.165) is 24.2 Å². The molecule has 1 atom stereocenters. The lowest BCUT2D eigenvalue weighted by atomic mass is 10.0. The molecule has 1 saturated carbocycles. The lowest BCUT2D eigenvalue weighted by molar-refractivity contribution is -0.140. The summed E-state index contributed by atoms with van der Waals surface area (Å²) >= 11 is 0. The second-order valence-electron chi connectivity index (χ2n) is 5.71. The summed E-state index contributed by atoms with van der Waals surface area (Å²) < 4.78 is 5.23. The van der Waals surface area contributed by atoms with Crippen LogP contribution >= 0.6 is 0 Å². The number of carbonyl (C=O) groups excluding carboxylic acids is 1. The smallest absolute Gasteiger partial charge is 0.252 e. The van der Waals surface area contributed by atoms with Crippen molar-refractivity contribution in [3.8, 4) is 0 Å². The van der Waals surface area contributed by atoms with E-state index in [4.69, 9.17) is 4.74 Å². The fraction of sp³-hybridized carbons (Fsp3) is 0.600. The molecule has 19 heavy (non-hydrogen) atoms. The van der Waals surface area contributed by atoms with Crippen LogP contribution in [0.15, 0.2) is 18.2 Å². The topological polar surface area (TPSA) is 51.2 Å². The van der Waals surface area contributed by atoms with Gasteiger partial charge in [0.05, 0.1) is 11.7 Å². The Balaban J connectivity index is 2.16. The molecule has 1 aliphatic rings. The standard InChI is InChI=1S/C15H22N2O2/c1-10-6-5-7-12(16-10)13(11-8-9-11)17-14(18)15(2,3)19-4/h5-7,11,13H,8-9H2,1-4H3,(H,17,18)/t13-/m1/s1. The Kier molecular flexibility index (Phi) is 3.90. The minimum Gasteiger partial charge on any atom is -0.369 e. The van der Waals surface area contributed by atoms with Crippen LogP contribution in [0.2, 0.25) is 0 Å². The number of pyridine rings is 1. The fourth-order valence-electron chi connectivity index (χ4n) is 2.01. The van der Waals surface area contributed by atoms with E-state index in [2.05, 4.69) is 10.3 Å². The predicted molar refractivity (Wildman–Crippen MR) is 73.7 cm³/mol. The summed E-state index contributed by atoms with van der Waals surface area (Å²) in [5.41, 5.74) is 1.11. The molecule has 104 valence electrons. The summed E-state index contributed by atoms with van der Waals surface area (Å²) in [5.74, 6) is 0.418. The van der Waals surface area contributed by atoms with E-state index in [0.29, 0.717) is 5.92 Å². The highest BCUT2D eigenvalue weighted by molar-refractivity contribution is 5.84. The van der Waals surface area contributed by atoms with Crippen LogP contribution < -0.4 is 5.32 Å². The summed E-state index contributed by atoms with van der Waals surface area (Å²) in [5, 5.41) is 3.09. The quantitative estimate of drug-likeness (QED) is 0.886. The highest BCUT2D eigenvalue weighted by Crippen LogP contribution is 2.40. The van der Waals surface area contributed by atoms with Crippen LogP contribution in [0.3, 0.4) is 0 Å². The van der Waals surface area contributed by atoms with Gasteiger partial charge in [0.2, 0.25) is 0 Å². The van der Waals surface area contributed by atoms with Crippen molar-refractivity contribution < 1.29 is 9.53 Å². The lowest BCUT2D eigenvalue weighted by Gasteiger charge is -2.26. The maximum absolute atomic E-state index is 12.2. The van der Waals surface area contributed by atoms with Crippen LogP contribution in [0.4, 0.5) is 0 Å². The molecule has 1 aromatic heterocycles. The van der Waals surface area contributed by atoms with Crippen molar-refractivity contribution in [1.82, 2.24) is 10.3 Å². The van der Waals surface area contributed by atoms with E-state index < -0.39 is 5.60 Å². The molecule has 4 heteroatoms. The van der Waals surface area contributed by atoms with Gasteiger partial charge in [-0.3, -0.25) is 9.78 Å². The van der Waals surface area contributed by atoms with Crippen LogP contribution in [0.5, 0.6) is 0 Å². The molecule has 1 heterocycles. The first-order valence-electron chi connectivity index (χ1n) is 6.73. The molecule has 0 spiro atoms. The van der Waals surface area contributed by atoms with Gasteiger partial charge in [0.25, 0.3) is 5.91 Å². The molecule has 1 amide bonds. The number of amides is 1. The summed E-state index contributed by atoms with van der Waals surface area (Å²) in [4.78, 5) is 16.8. The summed E-state index contributed by atoms with van der Waals surface area (Å²) in [6.45, 7) is 5.51. The number of ether oxygens (including phenoxy) is 1. The van der Waals surface area contributed by atoms with E-state index in [1.165, 1.54) is 0 Å². The van der Waals surface area contributed by atoms with Crippen molar-refractivity contribution in [1.29, 1.82) is 0 Å². The molecule has 1 N–H and O–H groups in total. The van der Waals surface area contributed by atoms with Gasteiger partial charge in [-0.25, -0.2) is 0 Å². The van der Waals surface area contributed by atoms with Crippen LogP contribution in [-0.2, 0) is 9.53 Å². The van der Waals surface area contributed by atoms with Crippen LogP contribution in [0.1, 0.15) is 44.1 Å². The molecular weight excluding hydrogens is 240 g/mol. The van der Waals surface area contributed by atoms with E-state index in [1.54, 1.807) is 21.0 Å². The Bertz CT molecular complexity index is 467. The minimum absolute atomic E-state index is 0.00169. The first kappa shape index (κ1) is 14.0. The summed E-state index contributed by atoms with van der Waals surface area (Å²) in [6, 6.07) is 5.94. The van der Waals surface area contributed by atoms with Crippen LogP contribution in [0, 0.1) is 12.8 Å². The van der Waals surface area contributed by atoms with Crippen LogP contribution in [-0.4, -0.2) is 23.6 Å². The van der Waals surface area contributed by atoms with Gasteiger partial charge in [-0.1, -0.05) is 6.07 Å². The number of aryl methyl sites for hydroxylation is 1. The van der Waals surface area contributed by atoms with E-state index in [-0.39, 0.29) is 11.9 Å². The van der Waals surface area contributed by atoms with Gasteiger partial charge in [-0.05, 0) is 51.7 Å². The number of aromatic nitrogens is 1. The van der Waals surface area contributed by atoms with Gasteiger partial charge >= 0.3 is 0 Å². The Labute approximate surface area is 114 Å². The summed E-state index contributed by atoms with van der Waals surface area (Å²) in [7, 11) is 1.55. The molecule has 0 saturated heterocycles. The Morgan fingerprint density at radius 3 is 2.68 bits per heavy atom. The number of methoxy groups -OCH3 is 1. The molecule has 0 radical (unpaired) electrons. The number of hydrogen-bond donors (Lipinski definition) is 1. The first-order valence-corrected chi connectivity index (χ1v) is 6.73. The van der Waals surface area contributed by atoms with Gasteiger partial charge in [0.1, 0.15) is 5.60 Å². The largest absolute Gasteiger partial charge is 0.369 e. The first-order chi connectivity index (χ1) is 8.94. The normalized spacial score (nSPS) is 17.1. The summed E-state index contributed by atoms with van der Waals surface area (Å²) in [6.07, 6.45) is 2.29. The number of rotatable bonds is 5. The molecule has 4 nitrogen and oxygen atoms in total. The average Bonchev–Trinajstić information content (AvgIpc) is 3.19. The molecule has 2 rings (SSSR count). The Morgan fingerprint density at radius 1 is 1.47 bits per heavy atom. The van der Waals surface area contributed by atoms with E-state index in [9.17, 15) is 4.79 Å². The third-order valence-electron chi connectivity index (χ3n) is 3.67. The van der Waals surface area contributed by atoms with E-state index >= 15 is 0 Å². The van der Waals surface area contributed by atoms with Crippen molar-refractivity contribution in [2.24, 2.45) is 5.92 Å². The molecule has 1 fully saturated rings. The zero-order valence-corrected chi connectivity index (χ0v) is 12.1. The third-order valence-corrected chi connectivity index (χ3v) is 3.67. The van der Waals surface area contributed by atoms with E-state index in [1.807, 2.05) is 25.1 Å². The highest BCUT2D eigenvalue weighted by atomic mass is 16.5. The van der Waals surface area contributed by atoms with Crippen molar-refractivity contribution in [3.05, 3.63) is 29.6 Å². The number of nitrogens with zero attached hydrogens (tertiary/aromatic N) is 1. The van der Waals surface area contributed by atoms with Gasteiger partial charge in [-0.2, -0.15) is 0 Å². The SMILES string of the molecule is COC(C)(C)C(=O)N[C@@H](c1cccc(C)n1)C1CC1. The van der Waals surface area contributed by atoms with Crippen molar-refractivity contribution in [2.75, 3.05) is 7.11 Å². The van der Waals surface area contributed by atoms with Crippen molar-refractivity contribution in [2.45, 2.75) is 45.3 Å². The Morgan fingerprint density at radius 2 is 2.16 bits per heavy atom. The maximum atomic E-state index is 12.2. The van der Waals surface area contributed by atoms with Crippen molar-refractivity contribution >= 4 is 5.91 Å². The second kappa shape index (κ2) is 5.29. The molecule has 1 aromatic rings. The minimum atomic E-state index is -0.809. The zero-order valence-electron chi connectivity index (χ0n) is 12.1. The Hall–Kier alpha value is -1.42. The van der Waals surface area contributed by atoms with Gasteiger partial charge in [0, 0.05) is 12.8 Å². The molecule has 1 aliphatic carbocycles. The number of hydrogen-bond acceptors (Lipinski definition) is 3. The van der Waals surface area contributed by atoms with Crippen LogP contribution in [0.25, 0.3) is 0 Å². The monoisotopic (exact) mass is 262 g/mol. The average molecular weight is 262 g/mol. The van der Waals surface area contributed by atoms with Gasteiger partial charge in [0.15, 0.2) is 0 Å². The zero-order chi connectivity index (χ0) is 14.0. The van der Waals surface area contributed by atoms with Crippen molar-refractivity contribution in [3.63, 3.8) is 0 Å². The lowest BCUT2D eigenvalue weighted by Crippen LogP contribution is -2.45. The number of carbonyl (C=O) groups is 1. The number of nitrogens with one attached hydrogen (secondary N) is 1. The highest BCUT2D eigenvalue weighted by Gasteiger charge is 2.37. The second-order valence-corrected chi connectivity index (χ2v) is 5.71. The molecule has 0 aromatic carbocycles. The molecule has 0 unspecified atom stereocenters. The molecular formula is C15H22N2O2. The third kappa shape index (κ3) is 3.32. The van der Waals surface area contributed by atoms with Gasteiger partial charge < -0.3 is 10.1 Å². The molecule has 0 bridgehead atoms. The fourth-order valence-corrected chi connectivity index (χ4v) is 2.01. The maximum Gasteiger partial charge on any atom is 0.252 e.